The maximum Gasteiger partial charge on any atom is 0.233 e. The van der Waals surface area contributed by atoms with Crippen LogP contribution in [0, 0.1) is 11.6 Å². The van der Waals surface area contributed by atoms with Crippen LogP contribution in [0.3, 0.4) is 0 Å². The van der Waals surface area contributed by atoms with Gasteiger partial charge in [0.2, 0.25) is 11.9 Å². The second-order valence-electron chi connectivity index (χ2n) is 7.70. The summed E-state index contributed by atoms with van der Waals surface area (Å²) in [7, 11) is 3.06. The normalized spacial score (nSPS) is 13.7. The van der Waals surface area contributed by atoms with E-state index in [0.29, 0.717) is 48.7 Å². The fourth-order valence-corrected chi connectivity index (χ4v) is 4.46. The zero-order valence-electron chi connectivity index (χ0n) is 18.9. The third-order valence-electron chi connectivity index (χ3n) is 5.36. The lowest BCUT2D eigenvalue weighted by molar-refractivity contribution is -0.127. The molecular weight excluding hydrogens is 464 g/mol. The predicted molar refractivity (Wildman–Crippen MR) is 124 cm³/mol. The lowest BCUT2D eigenvalue weighted by atomic mass is 10.2. The van der Waals surface area contributed by atoms with Crippen molar-refractivity contribution in [2.24, 2.45) is 0 Å². The minimum absolute atomic E-state index is 0.0890. The number of anilines is 1. The summed E-state index contributed by atoms with van der Waals surface area (Å²) < 4.78 is 40.1. The van der Waals surface area contributed by atoms with Gasteiger partial charge in [-0.15, -0.1) is 10.2 Å². The number of carbonyl (C=O) groups is 1. The summed E-state index contributed by atoms with van der Waals surface area (Å²) in [4.78, 5) is 16.3. The van der Waals surface area contributed by atoms with E-state index in [1.54, 1.807) is 29.8 Å². The zero-order valence-corrected chi connectivity index (χ0v) is 19.7. The van der Waals surface area contributed by atoms with Crippen molar-refractivity contribution in [1.82, 2.24) is 19.7 Å². The van der Waals surface area contributed by atoms with Gasteiger partial charge in [-0.2, -0.15) is 0 Å². The molecule has 11 heteroatoms. The van der Waals surface area contributed by atoms with E-state index in [1.807, 2.05) is 4.90 Å². The summed E-state index contributed by atoms with van der Waals surface area (Å²) in [5.41, 5.74) is 1.22. The third-order valence-corrected chi connectivity index (χ3v) is 6.28. The van der Waals surface area contributed by atoms with Gasteiger partial charge in [-0.1, -0.05) is 23.9 Å². The van der Waals surface area contributed by atoms with Crippen LogP contribution in [0.1, 0.15) is 5.56 Å². The second-order valence-corrected chi connectivity index (χ2v) is 8.65. The number of hydrogen-bond acceptors (Lipinski definition) is 7. The number of amides is 1. The van der Waals surface area contributed by atoms with E-state index in [4.69, 9.17) is 9.47 Å². The Kier molecular flexibility index (Phi) is 7.63. The molecule has 1 amide bonds. The first-order valence-electron chi connectivity index (χ1n) is 10.7. The molecule has 0 aliphatic carbocycles. The van der Waals surface area contributed by atoms with Crippen LogP contribution in [-0.2, 0) is 16.1 Å². The second kappa shape index (κ2) is 10.8. The van der Waals surface area contributed by atoms with Gasteiger partial charge in [0, 0.05) is 26.7 Å². The number of thioether (sulfide) groups is 1. The summed E-state index contributed by atoms with van der Waals surface area (Å²) in [5.74, 6) is -0.201. The van der Waals surface area contributed by atoms with Gasteiger partial charge < -0.3 is 19.3 Å². The summed E-state index contributed by atoms with van der Waals surface area (Å²) in [6, 6.07) is 10.8. The molecule has 0 bridgehead atoms. The Balaban J connectivity index is 1.49. The van der Waals surface area contributed by atoms with E-state index in [0.717, 1.165) is 0 Å². The number of hydrogen-bond donors (Lipinski definition) is 0. The van der Waals surface area contributed by atoms with Crippen molar-refractivity contribution in [3.8, 4) is 11.4 Å². The van der Waals surface area contributed by atoms with E-state index >= 15 is 0 Å². The number of aromatic nitrogens is 3. The highest BCUT2D eigenvalue weighted by atomic mass is 32.2. The largest absolute Gasteiger partial charge is 0.494 e. The SMILES string of the molecule is COc1ccc(CN(C)C(=O)CSc2nnc(N3CCOCC3)n2-c2cccc(F)c2)cc1F. The molecule has 8 nitrogen and oxygen atoms in total. The van der Waals surface area contributed by atoms with Gasteiger partial charge in [0.05, 0.1) is 31.8 Å². The smallest absolute Gasteiger partial charge is 0.233 e. The van der Waals surface area contributed by atoms with Gasteiger partial charge in [0.15, 0.2) is 16.7 Å². The lowest BCUT2D eigenvalue weighted by Gasteiger charge is -2.28. The number of carbonyl (C=O) groups excluding carboxylic acids is 1. The van der Waals surface area contributed by atoms with Crippen molar-refractivity contribution < 1.29 is 23.0 Å². The number of benzene rings is 2. The molecule has 34 heavy (non-hydrogen) atoms. The minimum Gasteiger partial charge on any atom is -0.494 e. The Labute approximate surface area is 200 Å². The van der Waals surface area contributed by atoms with Crippen molar-refractivity contribution in [1.29, 1.82) is 0 Å². The Morgan fingerprint density at radius 1 is 1.18 bits per heavy atom. The maximum atomic E-state index is 14.0. The monoisotopic (exact) mass is 489 g/mol. The molecule has 1 aromatic heterocycles. The molecule has 1 saturated heterocycles. The molecule has 0 N–H and O–H groups in total. The highest BCUT2D eigenvalue weighted by Gasteiger charge is 2.23. The molecule has 0 atom stereocenters. The van der Waals surface area contributed by atoms with E-state index in [9.17, 15) is 13.6 Å². The number of methoxy groups -OCH3 is 1. The molecule has 3 aromatic rings. The molecule has 0 unspecified atom stereocenters. The lowest BCUT2D eigenvalue weighted by Crippen LogP contribution is -2.37. The highest BCUT2D eigenvalue weighted by molar-refractivity contribution is 7.99. The zero-order chi connectivity index (χ0) is 24.1. The first-order chi connectivity index (χ1) is 16.5. The van der Waals surface area contributed by atoms with Crippen molar-refractivity contribution in [2.75, 3.05) is 51.1 Å². The van der Waals surface area contributed by atoms with Gasteiger partial charge in [0.25, 0.3) is 0 Å². The average Bonchev–Trinajstić information content (AvgIpc) is 3.27. The van der Waals surface area contributed by atoms with Crippen molar-refractivity contribution >= 4 is 23.6 Å². The summed E-state index contributed by atoms with van der Waals surface area (Å²) in [6.45, 7) is 2.65. The minimum atomic E-state index is -0.478. The summed E-state index contributed by atoms with van der Waals surface area (Å²) in [5, 5.41) is 9.08. The fourth-order valence-electron chi connectivity index (χ4n) is 3.57. The van der Waals surface area contributed by atoms with E-state index in [2.05, 4.69) is 10.2 Å². The van der Waals surface area contributed by atoms with Crippen molar-refractivity contribution in [3.05, 3.63) is 59.7 Å². The van der Waals surface area contributed by atoms with E-state index < -0.39 is 5.82 Å². The first kappa shape index (κ1) is 24.0. The van der Waals surface area contributed by atoms with E-state index in [-0.39, 0.29) is 29.8 Å². The Hall–Kier alpha value is -3.18. The van der Waals surface area contributed by atoms with Gasteiger partial charge in [-0.25, -0.2) is 8.78 Å². The van der Waals surface area contributed by atoms with Crippen LogP contribution in [0.2, 0.25) is 0 Å². The van der Waals surface area contributed by atoms with Crippen LogP contribution in [0.15, 0.2) is 47.6 Å². The highest BCUT2D eigenvalue weighted by Crippen LogP contribution is 2.28. The molecule has 0 radical (unpaired) electrons. The predicted octanol–water partition coefficient (Wildman–Crippen LogP) is 3.14. The quantitative estimate of drug-likeness (QED) is 0.450. The van der Waals surface area contributed by atoms with Crippen LogP contribution in [0.5, 0.6) is 5.75 Å². The van der Waals surface area contributed by atoms with Crippen LogP contribution in [0.25, 0.3) is 5.69 Å². The van der Waals surface area contributed by atoms with Crippen molar-refractivity contribution in [2.45, 2.75) is 11.7 Å². The fraction of sp³-hybridized carbons (Fsp3) is 0.348. The van der Waals surface area contributed by atoms with Crippen molar-refractivity contribution in [3.63, 3.8) is 0 Å². The molecule has 4 rings (SSSR count). The number of morpholine rings is 1. The van der Waals surface area contributed by atoms with Crippen LogP contribution < -0.4 is 9.64 Å². The molecule has 1 aliphatic rings. The number of halogens is 2. The van der Waals surface area contributed by atoms with Gasteiger partial charge >= 0.3 is 0 Å². The summed E-state index contributed by atoms with van der Waals surface area (Å²) >= 11 is 1.21. The number of ether oxygens (including phenoxy) is 2. The Morgan fingerprint density at radius 3 is 2.68 bits per heavy atom. The standard InChI is InChI=1S/C23H25F2N5O3S/c1-28(14-16-6-7-20(32-2)19(25)12-16)21(31)15-34-23-27-26-22(29-8-10-33-11-9-29)30(23)18-5-3-4-17(24)13-18/h3-7,12-13H,8-11,14-15H2,1-2H3. The van der Waals surface area contributed by atoms with E-state index in [1.165, 1.54) is 48.0 Å². The molecular formula is C23H25F2N5O3S. The van der Waals surface area contributed by atoms with Gasteiger partial charge in [0.1, 0.15) is 5.82 Å². The molecule has 180 valence electrons. The maximum absolute atomic E-state index is 14.0. The number of nitrogens with zero attached hydrogens (tertiary/aromatic N) is 5. The number of rotatable bonds is 8. The average molecular weight is 490 g/mol. The van der Waals surface area contributed by atoms with Crippen LogP contribution in [0.4, 0.5) is 14.7 Å². The molecule has 2 heterocycles. The Morgan fingerprint density at radius 2 is 1.97 bits per heavy atom. The first-order valence-corrected chi connectivity index (χ1v) is 11.7. The van der Waals surface area contributed by atoms with Gasteiger partial charge in [-0.3, -0.25) is 9.36 Å². The van der Waals surface area contributed by atoms with Crippen LogP contribution in [-0.4, -0.2) is 71.8 Å². The molecule has 2 aromatic carbocycles. The Bertz CT molecular complexity index is 1150. The third kappa shape index (κ3) is 5.48. The molecule has 1 aliphatic heterocycles. The topological polar surface area (TPSA) is 72.7 Å². The molecule has 0 spiro atoms. The molecule has 0 saturated carbocycles. The van der Waals surface area contributed by atoms with Gasteiger partial charge in [-0.05, 0) is 35.9 Å². The summed E-state index contributed by atoms with van der Waals surface area (Å²) in [6.07, 6.45) is 0. The molecule has 1 fully saturated rings. The van der Waals surface area contributed by atoms with Crippen LogP contribution >= 0.6 is 11.8 Å².